The van der Waals surface area contributed by atoms with E-state index in [1.165, 1.54) is 0 Å². The zero-order valence-corrected chi connectivity index (χ0v) is 10.4. The number of hydrogen-bond acceptors (Lipinski definition) is 3. The first kappa shape index (κ1) is 11.7. The Labute approximate surface area is 101 Å². The standard InChI is InChI=1S/C13H17N3O/c1-14-8-13-12(9-16(2)15-13)10-4-6-11(17-3)7-5-10/h4-7,9,14H,8H2,1-3H3. The second-order valence-electron chi connectivity index (χ2n) is 3.92. The van der Waals surface area contributed by atoms with E-state index in [-0.39, 0.29) is 0 Å². The molecule has 1 heterocycles. The molecular weight excluding hydrogens is 214 g/mol. The molecule has 0 aliphatic heterocycles. The lowest BCUT2D eigenvalue weighted by Gasteiger charge is -2.03. The van der Waals surface area contributed by atoms with Crippen LogP contribution in [-0.2, 0) is 13.6 Å². The van der Waals surface area contributed by atoms with Gasteiger partial charge in [-0.15, -0.1) is 0 Å². The van der Waals surface area contributed by atoms with E-state index in [1.54, 1.807) is 7.11 Å². The maximum absolute atomic E-state index is 5.15. The number of benzene rings is 1. The predicted octanol–water partition coefficient (Wildman–Crippen LogP) is 1.82. The van der Waals surface area contributed by atoms with Crippen LogP contribution in [0.2, 0.25) is 0 Å². The molecule has 0 saturated heterocycles. The Morgan fingerprint density at radius 2 is 2.00 bits per heavy atom. The van der Waals surface area contributed by atoms with E-state index in [9.17, 15) is 0 Å². The van der Waals surface area contributed by atoms with Gasteiger partial charge in [0.2, 0.25) is 0 Å². The van der Waals surface area contributed by atoms with Crippen LogP contribution in [0.5, 0.6) is 5.75 Å². The normalized spacial score (nSPS) is 10.5. The third-order valence-electron chi connectivity index (χ3n) is 2.65. The summed E-state index contributed by atoms with van der Waals surface area (Å²) in [4.78, 5) is 0. The molecule has 0 unspecified atom stereocenters. The van der Waals surface area contributed by atoms with Crippen molar-refractivity contribution in [1.82, 2.24) is 15.1 Å². The highest BCUT2D eigenvalue weighted by Crippen LogP contribution is 2.24. The number of nitrogens with one attached hydrogen (secondary N) is 1. The lowest BCUT2D eigenvalue weighted by Crippen LogP contribution is -2.07. The minimum atomic E-state index is 0.766. The highest BCUT2D eigenvalue weighted by molar-refractivity contribution is 5.66. The first-order chi connectivity index (χ1) is 8.24. The number of nitrogens with zero attached hydrogens (tertiary/aromatic N) is 2. The molecule has 1 aromatic heterocycles. The largest absolute Gasteiger partial charge is 0.497 e. The molecule has 0 aliphatic carbocycles. The van der Waals surface area contributed by atoms with Crippen molar-refractivity contribution in [3.63, 3.8) is 0 Å². The molecule has 17 heavy (non-hydrogen) atoms. The van der Waals surface area contributed by atoms with Gasteiger partial charge in [0, 0.05) is 25.4 Å². The van der Waals surface area contributed by atoms with Crippen molar-refractivity contribution >= 4 is 0 Å². The van der Waals surface area contributed by atoms with Crippen LogP contribution in [0.3, 0.4) is 0 Å². The number of rotatable bonds is 4. The van der Waals surface area contributed by atoms with Gasteiger partial charge < -0.3 is 10.1 Å². The molecule has 2 rings (SSSR count). The van der Waals surface area contributed by atoms with Crippen molar-refractivity contribution in [3.8, 4) is 16.9 Å². The number of aromatic nitrogens is 2. The molecule has 1 N–H and O–H groups in total. The number of ether oxygens (including phenoxy) is 1. The summed E-state index contributed by atoms with van der Waals surface area (Å²) in [5, 5.41) is 7.57. The third kappa shape index (κ3) is 2.47. The molecule has 4 heteroatoms. The summed E-state index contributed by atoms with van der Waals surface area (Å²) in [6, 6.07) is 8.03. The summed E-state index contributed by atoms with van der Waals surface area (Å²) >= 11 is 0. The van der Waals surface area contributed by atoms with E-state index in [0.717, 1.165) is 29.1 Å². The monoisotopic (exact) mass is 231 g/mol. The average molecular weight is 231 g/mol. The third-order valence-corrected chi connectivity index (χ3v) is 2.65. The fourth-order valence-corrected chi connectivity index (χ4v) is 1.84. The maximum Gasteiger partial charge on any atom is 0.118 e. The SMILES string of the molecule is CNCc1nn(C)cc1-c1ccc(OC)cc1. The van der Waals surface area contributed by atoms with Crippen molar-refractivity contribution in [1.29, 1.82) is 0 Å². The molecule has 0 saturated carbocycles. The van der Waals surface area contributed by atoms with Gasteiger partial charge in [-0.3, -0.25) is 4.68 Å². The van der Waals surface area contributed by atoms with Gasteiger partial charge in [-0.25, -0.2) is 0 Å². The molecule has 90 valence electrons. The minimum Gasteiger partial charge on any atom is -0.497 e. The van der Waals surface area contributed by atoms with Crippen LogP contribution in [-0.4, -0.2) is 23.9 Å². The molecular formula is C13H17N3O. The van der Waals surface area contributed by atoms with E-state index in [0.29, 0.717) is 0 Å². The van der Waals surface area contributed by atoms with E-state index in [4.69, 9.17) is 4.74 Å². The van der Waals surface area contributed by atoms with Gasteiger partial charge in [0.05, 0.1) is 12.8 Å². The van der Waals surface area contributed by atoms with Crippen LogP contribution >= 0.6 is 0 Å². The van der Waals surface area contributed by atoms with Crippen molar-refractivity contribution in [2.75, 3.05) is 14.2 Å². The van der Waals surface area contributed by atoms with E-state index < -0.39 is 0 Å². The van der Waals surface area contributed by atoms with Gasteiger partial charge in [0.25, 0.3) is 0 Å². The highest BCUT2D eigenvalue weighted by Gasteiger charge is 2.08. The smallest absolute Gasteiger partial charge is 0.118 e. The maximum atomic E-state index is 5.15. The number of aryl methyl sites for hydroxylation is 1. The fraction of sp³-hybridized carbons (Fsp3) is 0.308. The highest BCUT2D eigenvalue weighted by atomic mass is 16.5. The van der Waals surface area contributed by atoms with Crippen LogP contribution in [0.25, 0.3) is 11.1 Å². The zero-order valence-electron chi connectivity index (χ0n) is 10.4. The molecule has 0 spiro atoms. The second-order valence-corrected chi connectivity index (χ2v) is 3.92. The van der Waals surface area contributed by atoms with Crippen molar-refractivity contribution in [2.45, 2.75) is 6.54 Å². The summed E-state index contributed by atoms with van der Waals surface area (Å²) in [5.74, 6) is 0.868. The summed E-state index contributed by atoms with van der Waals surface area (Å²) < 4.78 is 6.99. The second kappa shape index (κ2) is 5.01. The Morgan fingerprint density at radius 3 is 2.59 bits per heavy atom. The van der Waals surface area contributed by atoms with Gasteiger partial charge in [-0.1, -0.05) is 12.1 Å². The Balaban J connectivity index is 2.37. The van der Waals surface area contributed by atoms with Crippen molar-refractivity contribution in [3.05, 3.63) is 36.2 Å². The Bertz CT molecular complexity index is 488. The molecule has 0 aliphatic rings. The van der Waals surface area contributed by atoms with Crippen LogP contribution in [0, 0.1) is 0 Å². The summed E-state index contributed by atoms with van der Waals surface area (Å²) in [7, 11) is 5.53. The Morgan fingerprint density at radius 1 is 1.29 bits per heavy atom. The van der Waals surface area contributed by atoms with Crippen LogP contribution < -0.4 is 10.1 Å². The van der Waals surface area contributed by atoms with E-state index in [1.807, 2.05) is 37.1 Å². The summed E-state index contributed by atoms with van der Waals surface area (Å²) in [6.07, 6.45) is 2.04. The van der Waals surface area contributed by atoms with Gasteiger partial charge >= 0.3 is 0 Å². The summed E-state index contributed by atoms with van der Waals surface area (Å²) in [6.45, 7) is 0.766. The van der Waals surface area contributed by atoms with Gasteiger partial charge in [0.1, 0.15) is 5.75 Å². The molecule has 0 atom stereocenters. The lowest BCUT2D eigenvalue weighted by atomic mass is 10.1. The predicted molar refractivity (Wildman–Crippen MR) is 68.0 cm³/mol. The molecule has 0 fully saturated rings. The molecule has 0 radical (unpaired) electrons. The number of hydrogen-bond donors (Lipinski definition) is 1. The quantitative estimate of drug-likeness (QED) is 0.872. The van der Waals surface area contributed by atoms with Crippen LogP contribution in [0.4, 0.5) is 0 Å². The molecule has 2 aromatic rings. The van der Waals surface area contributed by atoms with Crippen LogP contribution in [0.1, 0.15) is 5.69 Å². The van der Waals surface area contributed by atoms with Crippen LogP contribution in [0.15, 0.2) is 30.5 Å². The fourth-order valence-electron chi connectivity index (χ4n) is 1.84. The van der Waals surface area contributed by atoms with Crippen molar-refractivity contribution < 1.29 is 4.74 Å². The zero-order chi connectivity index (χ0) is 12.3. The number of methoxy groups -OCH3 is 1. The molecule has 0 bridgehead atoms. The Hall–Kier alpha value is -1.81. The molecule has 4 nitrogen and oxygen atoms in total. The summed E-state index contributed by atoms with van der Waals surface area (Å²) in [5.41, 5.74) is 3.37. The topological polar surface area (TPSA) is 39.1 Å². The average Bonchev–Trinajstić information content (AvgIpc) is 2.71. The van der Waals surface area contributed by atoms with Gasteiger partial charge in [-0.05, 0) is 24.7 Å². The molecule has 0 amide bonds. The van der Waals surface area contributed by atoms with E-state index >= 15 is 0 Å². The first-order valence-corrected chi connectivity index (χ1v) is 5.56. The molecule has 1 aromatic carbocycles. The Kier molecular flexibility index (Phi) is 3.44. The van der Waals surface area contributed by atoms with E-state index in [2.05, 4.69) is 22.5 Å². The van der Waals surface area contributed by atoms with Crippen molar-refractivity contribution in [2.24, 2.45) is 7.05 Å². The van der Waals surface area contributed by atoms with Gasteiger partial charge in [0.15, 0.2) is 0 Å². The minimum absolute atomic E-state index is 0.766. The first-order valence-electron chi connectivity index (χ1n) is 5.56. The lowest BCUT2D eigenvalue weighted by molar-refractivity contribution is 0.415. The van der Waals surface area contributed by atoms with Gasteiger partial charge in [-0.2, -0.15) is 5.10 Å².